The Kier molecular flexibility index (Phi) is 6.91. The molecule has 1 saturated heterocycles. The summed E-state index contributed by atoms with van der Waals surface area (Å²) in [5.41, 5.74) is 0.932. The summed E-state index contributed by atoms with van der Waals surface area (Å²) >= 11 is 15.7. The predicted octanol–water partition coefficient (Wildman–Crippen LogP) is 3.43. The van der Waals surface area contributed by atoms with Crippen LogP contribution < -0.4 is 0 Å². The number of halogens is 3. The lowest BCUT2D eigenvalue weighted by Gasteiger charge is -2.24. The number of hydrogen-bond acceptors (Lipinski definition) is 8. The minimum Gasteiger partial charge on any atom is -0.463 e. The molecule has 0 amide bonds. The summed E-state index contributed by atoms with van der Waals surface area (Å²) in [5, 5.41) is 0.555. The molecule has 0 saturated carbocycles. The Morgan fingerprint density at radius 3 is 2.33 bits per heavy atom. The topological polar surface area (TPSA) is 106 Å². The Morgan fingerprint density at radius 1 is 1.10 bits per heavy atom. The van der Waals surface area contributed by atoms with Crippen LogP contribution >= 0.6 is 39.1 Å². The zero-order valence-corrected chi connectivity index (χ0v) is 19.2. The zero-order valence-electron chi connectivity index (χ0n) is 16.1. The molecule has 3 rings (SSSR count). The summed E-state index contributed by atoms with van der Waals surface area (Å²) < 4.78 is 23.8. The summed E-state index contributed by atoms with van der Waals surface area (Å²) in [6.45, 7) is 3.46. The largest absolute Gasteiger partial charge is 0.463 e. The van der Waals surface area contributed by atoms with Gasteiger partial charge in [-0.2, -0.15) is 0 Å². The minimum atomic E-state index is -1.05. The van der Waals surface area contributed by atoms with Crippen LogP contribution in [-0.2, 0) is 33.3 Å². The third-order valence-electron chi connectivity index (χ3n) is 4.31. The van der Waals surface area contributed by atoms with Gasteiger partial charge in [0.25, 0.3) is 0 Å². The molecule has 0 unspecified atom stereocenters. The van der Waals surface area contributed by atoms with Gasteiger partial charge in [0.1, 0.15) is 18.2 Å². The standard InChI is InChI=1S/C18H17BrCl2N2O7/c1-7(24)27-6-12-15(28-8(2)25)16(29-9(3)26)17(30-12)23-11-5-4-10(20)13(21)14(11)22-18(23)19/h4-5,12,15-17H,6H2,1-3H3/t12-,15-,16-,17-/m1/s1. The van der Waals surface area contributed by atoms with E-state index in [9.17, 15) is 14.4 Å². The van der Waals surface area contributed by atoms with Crippen molar-refractivity contribution in [2.24, 2.45) is 0 Å². The highest BCUT2D eigenvalue weighted by Crippen LogP contribution is 2.40. The molecule has 2 heterocycles. The van der Waals surface area contributed by atoms with Crippen LogP contribution in [0.5, 0.6) is 0 Å². The molecule has 162 valence electrons. The first-order chi connectivity index (χ1) is 14.1. The molecular formula is C18H17BrCl2N2O7. The molecule has 0 radical (unpaired) electrons. The predicted molar refractivity (Wildman–Crippen MR) is 109 cm³/mol. The van der Waals surface area contributed by atoms with E-state index in [4.69, 9.17) is 42.1 Å². The molecule has 0 spiro atoms. The van der Waals surface area contributed by atoms with E-state index in [1.54, 1.807) is 16.7 Å². The first kappa shape index (κ1) is 22.8. The SMILES string of the molecule is CC(=O)OC[C@H]1O[C@@H](n2c(Br)nc3c(Cl)c(Cl)ccc32)[C@H](OC(C)=O)[C@@H]1OC(C)=O. The third kappa shape index (κ3) is 4.56. The van der Waals surface area contributed by atoms with Crippen LogP contribution in [0.1, 0.15) is 27.0 Å². The van der Waals surface area contributed by atoms with Crippen LogP contribution in [0.15, 0.2) is 16.9 Å². The molecule has 1 aromatic carbocycles. The lowest BCUT2D eigenvalue weighted by Crippen LogP contribution is -2.40. The number of nitrogens with zero attached hydrogens (tertiary/aromatic N) is 2. The number of benzene rings is 1. The Balaban J connectivity index is 2.09. The maximum absolute atomic E-state index is 11.8. The van der Waals surface area contributed by atoms with E-state index < -0.39 is 42.4 Å². The van der Waals surface area contributed by atoms with Crippen LogP contribution in [0.2, 0.25) is 10.0 Å². The van der Waals surface area contributed by atoms with Crippen molar-refractivity contribution in [3.8, 4) is 0 Å². The van der Waals surface area contributed by atoms with Crippen LogP contribution in [0, 0.1) is 0 Å². The van der Waals surface area contributed by atoms with Gasteiger partial charge in [0.05, 0.1) is 15.6 Å². The van der Waals surface area contributed by atoms with Gasteiger partial charge < -0.3 is 18.9 Å². The summed E-state index contributed by atoms with van der Waals surface area (Å²) in [5.74, 6) is -1.76. The van der Waals surface area contributed by atoms with Crippen molar-refractivity contribution < 1.29 is 33.3 Å². The fourth-order valence-corrected chi connectivity index (χ4v) is 4.14. The van der Waals surface area contributed by atoms with E-state index >= 15 is 0 Å². The maximum Gasteiger partial charge on any atom is 0.303 e. The number of carbonyl (C=O) groups is 3. The van der Waals surface area contributed by atoms with E-state index in [2.05, 4.69) is 20.9 Å². The molecule has 12 heteroatoms. The van der Waals surface area contributed by atoms with Crippen molar-refractivity contribution in [1.29, 1.82) is 0 Å². The molecule has 1 aliphatic heterocycles. The van der Waals surface area contributed by atoms with Crippen LogP contribution in [0.4, 0.5) is 0 Å². The second-order valence-corrected chi connectivity index (χ2v) is 7.99. The number of ether oxygens (including phenoxy) is 4. The average Bonchev–Trinajstić information content (AvgIpc) is 3.13. The number of rotatable bonds is 5. The van der Waals surface area contributed by atoms with Gasteiger partial charge in [-0.15, -0.1) is 0 Å². The Hall–Kier alpha value is -1.88. The fraction of sp³-hybridized carbons (Fsp3) is 0.444. The van der Waals surface area contributed by atoms with Crippen molar-refractivity contribution in [3.05, 3.63) is 26.9 Å². The molecular weight excluding hydrogens is 507 g/mol. The van der Waals surface area contributed by atoms with E-state index in [0.29, 0.717) is 20.8 Å². The van der Waals surface area contributed by atoms with Crippen LogP contribution in [0.25, 0.3) is 11.0 Å². The Morgan fingerprint density at radius 2 is 1.73 bits per heavy atom. The van der Waals surface area contributed by atoms with E-state index in [1.165, 1.54) is 20.8 Å². The number of aromatic nitrogens is 2. The molecule has 1 aliphatic rings. The molecule has 0 N–H and O–H groups in total. The Bertz CT molecular complexity index is 1010. The summed E-state index contributed by atoms with van der Waals surface area (Å²) in [7, 11) is 0. The minimum absolute atomic E-state index is 0.210. The van der Waals surface area contributed by atoms with Crippen molar-refractivity contribution in [1.82, 2.24) is 9.55 Å². The Labute approximate surface area is 189 Å². The number of hydrogen-bond donors (Lipinski definition) is 0. The van der Waals surface area contributed by atoms with Gasteiger partial charge in [-0.25, -0.2) is 4.98 Å². The van der Waals surface area contributed by atoms with E-state index in [-0.39, 0.29) is 11.6 Å². The lowest BCUT2D eigenvalue weighted by molar-refractivity contribution is -0.166. The molecule has 0 aliphatic carbocycles. The first-order valence-corrected chi connectivity index (χ1v) is 10.3. The van der Waals surface area contributed by atoms with Crippen molar-refractivity contribution in [2.45, 2.75) is 45.3 Å². The first-order valence-electron chi connectivity index (χ1n) is 8.74. The van der Waals surface area contributed by atoms with Gasteiger partial charge in [-0.1, -0.05) is 23.2 Å². The summed E-state index contributed by atoms with van der Waals surface area (Å²) in [6, 6.07) is 3.27. The monoisotopic (exact) mass is 522 g/mol. The van der Waals surface area contributed by atoms with Crippen molar-refractivity contribution >= 4 is 68.1 Å². The van der Waals surface area contributed by atoms with Crippen molar-refractivity contribution in [2.75, 3.05) is 6.61 Å². The van der Waals surface area contributed by atoms with Gasteiger partial charge in [0.15, 0.2) is 23.2 Å². The average molecular weight is 524 g/mol. The van der Waals surface area contributed by atoms with Crippen LogP contribution in [-0.4, -0.2) is 52.4 Å². The highest BCUT2D eigenvalue weighted by atomic mass is 79.9. The molecule has 9 nitrogen and oxygen atoms in total. The van der Waals surface area contributed by atoms with Gasteiger partial charge in [-0.05, 0) is 28.1 Å². The van der Waals surface area contributed by atoms with E-state index in [0.717, 1.165) is 0 Å². The van der Waals surface area contributed by atoms with E-state index in [1.807, 2.05) is 0 Å². The second kappa shape index (κ2) is 9.09. The van der Waals surface area contributed by atoms with Gasteiger partial charge >= 0.3 is 17.9 Å². The van der Waals surface area contributed by atoms with Crippen molar-refractivity contribution in [3.63, 3.8) is 0 Å². The highest BCUT2D eigenvalue weighted by Gasteiger charge is 2.51. The molecule has 30 heavy (non-hydrogen) atoms. The molecule has 1 aromatic heterocycles. The molecule has 0 bridgehead atoms. The van der Waals surface area contributed by atoms with Gasteiger partial charge in [0, 0.05) is 20.8 Å². The second-order valence-electron chi connectivity index (χ2n) is 6.50. The third-order valence-corrected chi connectivity index (χ3v) is 5.66. The molecule has 1 fully saturated rings. The number of imidazole rings is 1. The maximum atomic E-state index is 11.8. The zero-order chi connectivity index (χ0) is 22.2. The lowest BCUT2D eigenvalue weighted by atomic mass is 10.1. The molecule has 4 atom stereocenters. The highest BCUT2D eigenvalue weighted by molar-refractivity contribution is 9.10. The fourth-order valence-electron chi connectivity index (χ4n) is 3.22. The molecule has 2 aromatic rings. The summed E-state index contributed by atoms with van der Waals surface area (Å²) in [6.07, 6.45) is -3.92. The quantitative estimate of drug-likeness (QED) is 0.433. The van der Waals surface area contributed by atoms with Gasteiger partial charge in [0.2, 0.25) is 0 Å². The number of esters is 3. The number of fused-ring (bicyclic) bond motifs is 1. The normalized spacial score (nSPS) is 23.4. The summed E-state index contributed by atoms with van der Waals surface area (Å²) in [4.78, 5) is 39.1. The van der Waals surface area contributed by atoms with Gasteiger partial charge in [-0.3, -0.25) is 19.0 Å². The smallest absolute Gasteiger partial charge is 0.303 e. The number of carbonyl (C=O) groups excluding carboxylic acids is 3. The van der Waals surface area contributed by atoms with Crippen LogP contribution in [0.3, 0.4) is 0 Å².